The molecule has 23 heavy (non-hydrogen) atoms. The maximum absolute atomic E-state index is 12.7. The number of nitrogens with zero attached hydrogens (tertiary/aromatic N) is 5. The van der Waals surface area contributed by atoms with Gasteiger partial charge in [0.05, 0.1) is 0 Å². The first-order valence-corrected chi connectivity index (χ1v) is 6.95. The molecule has 10 heteroatoms. The zero-order valence-electron chi connectivity index (χ0n) is 12.8. The minimum atomic E-state index is -0.654. The van der Waals surface area contributed by atoms with Gasteiger partial charge in [0.2, 0.25) is 5.65 Å². The number of rotatable bonds is 8. The van der Waals surface area contributed by atoms with Crippen molar-refractivity contribution in [2.75, 3.05) is 37.2 Å². The molecule has 0 aliphatic carbocycles. The second kappa shape index (κ2) is 6.90. The van der Waals surface area contributed by atoms with E-state index in [-0.39, 0.29) is 37.0 Å². The predicted octanol–water partition coefficient (Wildman–Crippen LogP) is -1.54. The molecule has 0 atom stereocenters. The van der Waals surface area contributed by atoms with Crippen LogP contribution in [0.4, 0.5) is 0 Å². The fourth-order valence-electron chi connectivity index (χ4n) is 2.20. The zero-order valence-corrected chi connectivity index (χ0v) is 12.8. The van der Waals surface area contributed by atoms with Crippen molar-refractivity contribution >= 4 is 23.6 Å². The van der Waals surface area contributed by atoms with Crippen LogP contribution in [0, 0.1) is 0 Å². The minimum Gasteiger partial charge on any atom is -0.362 e. The highest BCUT2D eigenvalue weighted by molar-refractivity contribution is 5.72. The van der Waals surface area contributed by atoms with Crippen molar-refractivity contribution in [3.8, 4) is 0 Å². The van der Waals surface area contributed by atoms with E-state index in [4.69, 9.17) is 4.52 Å². The molecule has 0 N–H and O–H groups in total. The third kappa shape index (κ3) is 3.00. The molecule has 0 bridgehead atoms. The molecule has 0 aromatic carbocycles. The fraction of sp³-hybridized carbons (Fsp3) is 0.462. The SMILES string of the molecule is CN(CCC=O)n1c(=O)c2conc2n(N(C)CCC=O)c1=O. The summed E-state index contributed by atoms with van der Waals surface area (Å²) in [5.74, 6) is 0. The highest BCUT2D eigenvalue weighted by atomic mass is 16.5. The zero-order chi connectivity index (χ0) is 17.0. The largest absolute Gasteiger partial charge is 0.370 e. The maximum Gasteiger partial charge on any atom is 0.370 e. The van der Waals surface area contributed by atoms with Crippen LogP contribution in [-0.2, 0) is 9.59 Å². The molecule has 0 aliphatic rings. The van der Waals surface area contributed by atoms with E-state index < -0.39 is 11.2 Å². The molecule has 10 nitrogen and oxygen atoms in total. The van der Waals surface area contributed by atoms with Gasteiger partial charge in [-0.3, -0.25) is 4.79 Å². The summed E-state index contributed by atoms with van der Waals surface area (Å²) in [6, 6.07) is 0. The van der Waals surface area contributed by atoms with Gasteiger partial charge in [0.15, 0.2) is 0 Å². The van der Waals surface area contributed by atoms with Gasteiger partial charge in [0.1, 0.15) is 24.2 Å². The van der Waals surface area contributed by atoms with E-state index in [1.807, 2.05) is 0 Å². The van der Waals surface area contributed by atoms with Crippen LogP contribution in [0.25, 0.3) is 11.0 Å². The molecule has 2 aromatic rings. The molecule has 2 aromatic heterocycles. The van der Waals surface area contributed by atoms with Crippen molar-refractivity contribution in [2.45, 2.75) is 12.8 Å². The molecule has 0 saturated carbocycles. The number of carbonyl (C=O) groups excluding carboxylic acids is 2. The first kappa shape index (κ1) is 16.5. The lowest BCUT2D eigenvalue weighted by molar-refractivity contribution is -0.108. The van der Waals surface area contributed by atoms with Crippen molar-refractivity contribution in [3.63, 3.8) is 0 Å². The van der Waals surface area contributed by atoms with Crippen LogP contribution in [0.15, 0.2) is 20.4 Å². The number of fused-ring (bicyclic) bond motifs is 1. The molecule has 2 heterocycles. The summed E-state index contributed by atoms with van der Waals surface area (Å²) in [5.41, 5.74) is -1.16. The van der Waals surface area contributed by atoms with Crippen LogP contribution < -0.4 is 21.3 Å². The highest BCUT2D eigenvalue weighted by Gasteiger charge is 2.20. The summed E-state index contributed by atoms with van der Waals surface area (Å²) in [4.78, 5) is 46.2. The van der Waals surface area contributed by atoms with Crippen LogP contribution in [0.5, 0.6) is 0 Å². The quantitative estimate of drug-likeness (QED) is 0.538. The Hall–Kier alpha value is -2.91. The van der Waals surface area contributed by atoms with Gasteiger partial charge in [-0.25, -0.2) is 4.79 Å². The average molecular weight is 323 g/mol. The van der Waals surface area contributed by atoms with Crippen LogP contribution in [0.2, 0.25) is 0 Å². The van der Waals surface area contributed by atoms with E-state index in [2.05, 4.69) is 5.16 Å². The lowest BCUT2D eigenvalue weighted by Gasteiger charge is -2.25. The van der Waals surface area contributed by atoms with Crippen molar-refractivity contribution in [1.82, 2.24) is 14.5 Å². The summed E-state index contributed by atoms with van der Waals surface area (Å²) < 4.78 is 6.90. The van der Waals surface area contributed by atoms with Crippen LogP contribution in [0.3, 0.4) is 0 Å². The normalized spacial score (nSPS) is 10.7. The lowest BCUT2D eigenvalue weighted by atomic mass is 10.4. The number of hydrogen-bond acceptors (Lipinski definition) is 8. The monoisotopic (exact) mass is 323 g/mol. The van der Waals surface area contributed by atoms with Crippen LogP contribution in [0.1, 0.15) is 12.8 Å². The Morgan fingerprint density at radius 3 is 2.22 bits per heavy atom. The van der Waals surface area contributed by atoms with Gasteiger partial charge in [-0.1, -0.05) is 5.16 Å². The summed E-state index contributed by atoms with van der Waals surface area (Å²) >= 11 is 0. The van der Waals surface area contributed by atoms with Gasteiger partial charge in [-0.05, 0) is 0 Å². The third-order valence-electron chi connectivity index (χ3n) is 3.36. The predicted molar refractivity (Wildman–Crippen MR) is 81.9 cm³/mol. The molecular formula is C13H17N5O5. The Morgan fingerprint density at radius 1 is 1.09 bits per heavy atom. The first-order valence-electron chi connectivity index (χ1n) is 6.95. The smallest absolute Gasteiger partial charge is 0.362 e. The number of aromatic nitrogens is 3. The molecule has 0 aliphatic heterocycles. The molecule has 0 radical (unpaired) electrons. The Labute approximate surface area is 130 Å². The summed E-state index contributed by atoms with van der Waals surface area (Å²) in [7, 11) is 3.13. The van der Waals surface area contributed by atoms with Crippen LogP contribution >= 0.6 is 0 Å². The van der Waals surface area contributed by atoms with Crippen molar-refractivity contribution in [1.29, 1.82) is 0 Å². The van der Waals surface area contributed by atoms with Crippen molar-refractivity contribution < 1.29 is 14.1 Å². The Bertz CT molecular complexity index is 820. The molecule has 0 saturated heterocycles. The first-order chi connectivity index (χ1) is 11.0. The van der Waals surface area contributed by atoms with Crippen molar-refractivity contribution in [3.05, 3.63) is 27.1 Å². The molecular weight excluding hydrogens is 306 g/mol. The van der Waals surface area contributed by atoms with Crippen LogP contribution in [-0.4, -0.2) is 54.3 Å². The lowest BCUT2D eigenvalue weighted by Crippen LogP contribution is -2.55. The van der Waals surface area contributed by atoms with Crippen molar-refractivity contribution in [2.24, 2.45) is 0 Å². The van der Waals surface area contributed by atoms with Gasteiger partial charge < -0.3 is 24.1 Å². The van der Waals surface area contributed by atoms with E-state index in [1.165, 1.54) is 21.7 Å². The highest BCUT2D eigenvalue weighted by Crippen LogP contribution is 2.05. The van der Waals surface area contributed by atoms with Gasteiger partial charge in [-0.2, -0.15) is 9.35 Å². The second-order valence-electron chi connectivity index (χ2n) is 4.94. The van der Waals surface area contributed by atoms with E-state index in [0.29, 0.717) is 6.29 Å². The maximum atomic E-state index is 12.7. The molecule has 0 spiro atoms. The summed E-state index contributed by atoms with van der Waals surface area (Å²) in [6.07, 6.45) is 2.97. The van der Waals surface area contributed by atoms with E-state index in [9.17, 15) is 19.2 Å². The van der Waals surface area contributed by atoms with E-state index >= 15 is 0 Å². The number of carbonyl (C=O) groups is 2. The molecule has 2 rings (SSSR count). The molecule has 0 fully saturated rings. The van der Waals surface area contributed by atoms with E-state index in [0.717, 1.165) is 17.2 Å². The van der Waals surface area contributed by atoms with Gasteiger partial charge in [0.25, 0.3) is 5.56 Å². The van der Waals surface area contributed by atoms with E-state index in [1.54, 1.807) is 7.05 Å². The molecule has 0 amide bonds. The molecule has 124 valence electrons. The minimum absolute atomic E-state index is 0.0773. The number of hydrogen-bond donors (Lipinski definition) is 0. The Kier molecular flexibility index (Phi) is 4.94. The number of aldehydes is 2. The summed E-state index contributed by atoms with van der Waals surface area (Å²) in [5, 5.41) is 6.66. The Morgan fingerprint density at radius 2 is 1.65 bits per heavy atom. The summed E-state index contributed by atoms with van der Waals surface area (Å²) in [6.45, 7) is 0.467. The van der Waals surface area contributed by atoms with Gasteiger partial charge in [-0.15, -0.1) is 0 Å². The Balaban J connectivity index is 2.64. The van der Waals surface area contributed by atoms with Gasteiger partial charge >= 0.3 is 5.69 Å². The average Bonchev–Trinajstić information content (AvgIpc) is 3.00. The molecule has 0 unspecified atom stereocenters. The second-order valence-corrected chi connectivity index (χ2v) is 4.94. The standard InChI is InChI=1S/C13H17N5O5/c1-15(5-3-7-19)17-11-10(9-23-14-11)12(21)18(13(17)22)16(2)6-4-8-20/h7-9H,3-6H2,1-2H3. The van der Waals surface area contributed by atoms with Gasteiger partial charge in [0, 0.05) is 40.0 Å². The topological polar surface area (TPSA) is 111 Å². The third-order valence-corrected chi connectivity index (χ3v) is 3.36. The fourth-order valence-corrected chi connectivity index (χ4v) is 2.20.